The summed E-state index contributed by atoms with van der Waals surface area (Å²) in [7, 11) is 1.48. The van der Waals surface area contributed by atoms with E-state index in [-0.39, 0.29) is 5.69 Å². The lowest BCUT2D eigenvalue weighted by Gasteiger charge is -2.06. The van der Waals surface area contributed by atoms with Crippen molar-refractivity contribution in [3.05, 3.63) is 23.5 Å². The van der Waals surface area contributed by atoms with E-state index in [0.29, 0.717) is 5.75 Å². The van der Waals surface area contributed by atoms with E-state index >= 15 is 0 Å². The monoisotopic (exact) mass is 166 g/mol. The van der Waals surface area contributed by atoms with Crippen molar-refractivity contribution in [2.75, 3.05) is 7.11 Å². The number of rotatable bonds is 2. The molecule has 0 aromatic carbocycles. The van der Waals surface area contributed by atoms with E-state index in [0.717, 1.165) is 5.56 Å². The third-order valence-electron chi connectivity index (χ3n) is 1.54. The molecule has 0 fully saturated rings. The van der Waals surface area contributed by atoms with Gasteiger partial charge in [-0.2, -0.15) is 0 Å². The van der Waals surface area contributed by atoms with Gasteiger partial charge in [0.05, 0.1) is 7.11 Å². The molecule has 0 spiro atoms. The second kappa shape index (κ2) is 3.21. The van der Waals surface area contributed by atoms with E-state index in [4.69, 9.17) is 10.5 Å². The van der Waals surface area contributed by atoms with Crippen molar-refractivity contribution in [2.24, 2.45) is 5.73 Å². The van der Waals surface area contributed by atoms with Gasteiger partial charge in [-0.1, -0.05) is 0 Å². The summed E-state index contributed by atoms with van der Waals surface area (Å²) in [6.45, 7) is 1.83. The van der Waals surface area contributed by atoms with E-state index in [2.05, 4.69) is 4.98 Å². The second-order valence-corrected chi connectivity index (χ2v) is 2.37. The Morgan fingerprint density at radius 2 is 2.33 bits per heavy atom. The summed E-state index contributed by atoms with van der Waals surface area (Å²) in [5.41, 5.74) is 6.10. The van der Waals surface area contributed by atoms with E-state index < -0.39 is 5.91 Å². The van der Waals surface area contributed by atoms with Crippen LogP contribution in [0.15, 0.2) is 12.3 Å². The second-order valence-electron chi connectivity index (χ2n) is 2.37. The zero-order valence-corrected chi connectivity index (χ0v) is 7.00. The summed E-state index contributed by atoms with van der Waals surface area (Å²) in [5, 5.41) is 0. The molecule has 0 saturated carbocycles. The summed E-state index contributed by atoms with van der Waals surface area (Å²) in [6, 6.07) is 1.76. The quantitative estimate of drug-likeness (QED) is 0.695. The van der Waals surface area contributed by atoms with E-state index in [1.807, 2.05) is 6.92 Å². The van der Waals surface area contributed by atoms with Gasteiger partial charge in [-0.05, 0) is 18.6 Å². The van der Waals surface area contributed by atoms with Gasteiger partial charge in [-0.25, -0.2) is 4.98 Å². The zero-order chi connectivity index (χ0) is 9.14. The molecule has 1 rings (SSSR count). The molecule has 4 nitrogen and oxygen atoms in total. The number of carbonyl (C=O) groups is 1. The Balaban J connectivity index is 3.27. The fraction of sp³-hybridized carbons (Fsp3) is 0.250. The minimum absolute atomic E-state index is 0.178. The van der Waals surface area contributed by atoms with Crippen LogP contribution >= 0.6 is 0 Å². The highest BCUT2D eigenvalue weighted by Crippen LogP contribution is 2.19. The summed E-state index contributed by atoms with van der Waals surface area (Å²) in [5.74, 6) is -0.124. The van der Waals surface area contributed by atoms with Gasteiger partial charge >= 0.3 is 0 Å². The number of methoxy groups -OCH3 is 1. The smallest absolute Gasteiger partial charge is 0.271 e. The molecular weight excluding hydrogens is 156 g/mol. The summed E-state index contributed by atoms with van der Waals surface area (Å²) in [4.78, 5) is 14.6. The Hall–Kier alpha value is -1.58. The average molecular weight is 166 g/mol. The van der Waals surface area contributed by atoms with Crippen molar-refractivity contribution >= 4 is 5.91 Å². The molecule has 0 aliphatic heterocycles. The number of nitrogens with zero attached hydrogens (tertiary/aromatic N) is 1. The number of aryl methyl sites for hydroxylation is 1. The number of hydrogen-bond acceptors (Lipinski definition) is 3. The molecule has 0 aliphatic carbocycles. The first-order chi connectivity index (χ1) is 5.66. The van der Waals surface area contributed by atoms with Gasteiger partial charge in [-0.15, -0.1) is 0 Å². The first kappa shape index (κ1) is 8.52. The number of pyridine rings is 1. The SMILES string of the molecule is COc1c(C)ccnc1C(N)=O. The van der Waals surface area contributed by atoms with Crippen molar-refractivity contribution in [3.8, 4) is 5.75 Å². The zero-order valence-electron chi connectivity index (χ0n) is 7.00. The maximum Gasteiger partial charge on any atom is 0.271 e. The van der Waals surface area contributed by atoms with Crippen LogP contribution in [0.2, 0.25) is 0 Å². The third-order valence-corrected chi connectivity index (χ3v) is 1.54. The third kappa shape index (κ3) is 1.37. The van der Waals surface area contributed by atoms with Crippen LogP contribution in [0.5, 0.6) is 5.75 Å². The minimum atomic E-state index is -0.574. The Bertz CT molecular complexity index is 310. The number of ether oxygens (including phenoxy) is 1. The van der Waals surface area contributed by atoms with E-state index in [1.165, 1.54) is 13.3 Å². The van der Waals surface area contributed by atoms with Crippen molar-refractivity contribution in [1.82, 2.24) is 4.98 Å². The van der Waals surface area contributed by atoms with Gasteiger partial charge in [0.25, 0.3) is 5.91 Å². The number of amides is 1. The van der Waals surface area contributed by atoms with Crippen LogP contribution < -0.4 is 10.5 Å². The molecule has 4 heteroatoms. The van der Waals surface area contributed by atoms with Gasteiger partial charge in [0, 0.05) is 6.20 Å². The molecule has 0 radical (unpaired) electrons. The topological polar surface area (TPSA) is 65.2 Å². The predicted octanol–water partition coefficient (Wildman–Crippen LogP) is 0.498. The molecule has 1 aromatic heterocycles. The fourth-order valence-electron chi connectivity index (χ4n) is 0.978. The van der Waals surface area contributed by atoms with Crippen LogP contribution in [0, 0.1) is 6.92 Å². The molecule has 2 N–H and O–H groups in total. The summed E-state index contributed by atoms with van der Waals surface area (Å²) >= 11 is 0. The summed E-state index contributed by atoms with van der Waals surface area (Å²) < 4.78 is 4.97. The largest absolute Gasteiger partial charge is 0.494 e. The number of aromatic nitrogens is 1. The van der Waals surface area contributed by atoms with Gasteiger partial charge in [0.1, 0.15) is 0 Å². The molecule has 1 heterocycles. The summed E-state index contributed by atoms with van der Waals surface area (Å²) in [6.07, 6.45) is 1.53. The molecule has 64 valence electrons. The number of hydrogen-bond donors (Lipinski definition) is 1. The maximum atomic E-state index is 10.8. The molecular formula is C8H10N2O2. The van der Waals surface area contributed by atoms with Crippen LogP contribution in [-0.2, 0) is 0 Å². The molecule has 0 aliphatic rings. The maximum absolute atomic E-state index is 10.8. The lowest BCUT2D eigenvalue weighted by atomic mass is 10.2. The van der Waals surface area contributed by atoms with Crippen LogP contribution in [0.1, 0.15) is 16.1 Å². The predicted molar refractivity (Wildman–Crippen MR) is 44.0 cm³/mol. The number of carbonyl (C=O) groups excluding carboxylic acids is 1. The normalized spacial score (nSPS) is 9.50. The standard InChI is InChI=1S/C8H10N2O2/c1-5-3-4-10-6(8(9)11)7(5)12-2/h3-4H,1-2H3,(H2,9,11). The average Bonchev–Trinajstić information content (AvgIpc) is 2.03. The first-order valence-electron chi connectivity index (χ1n) is 3.46. The molecule has 1 aromatic rings. The van der Waals surface area contributed by atoms with Crippen molar-refractivity contribution < 1.29 is 9.53 Å². The van der Waals surface area contributed by atoms with Gasteiger partial charge in [0.2, 0.25) is 0 Å². The Labute approximate surface area is 70.4 Å². The molecule has 0 bridgehead atoms. The molecule has 12 heavy (non-hydrogen) atoms. The van der Waals surface area contributed by atoms with Crippen molar-refractivity contribution in [2.45, 2.75) is 6.92 Å². The molecule has 1 amide bonds. The fourth-order valence-corrected chi connectivity index (χ4v) is 0.978. The number of primary amides is 1. The minimum Gasteiger partial charge on any atom is -0.494 e. The van der Waals surface area contributed by atoms with E-state index in [1.54, 1.807) is 6.07 Å². The molecule has 0 atom stereocenters. The van der Waals surface area contributed by atoms with Gasteiger partial charge < -0.3 is 10.5 Å². The van der Waals surface area contributed by atoms with Crippen LogP contribution in [-0.4, -0.2) is 18.0 Å². The van der Waals surface area contributed by atoms with Crippen molar-refractivity contribution in [3.63, 3.8) is 0 Å². The van der Waals surface area contributed by atoms with E-state index in [9.17, 15) is 4.79 Å². The molecule has 0 unspecified atom stereocenters. The number of nitrogens with two attached hydrogens (primary N) is 1. The van der Waals surface area contributed by atoms with Gasteiger partial charge in [0.15, 0.2) is 11.4 Å². The Kier molecular flexibility index (Phi) is 2.28. The molecule has 0 saturated heterocycles. The van der Waals surface area contributed by atoms with Crippen molar-refractivity contribution in [1.29, 1.82) is 0 Å². The van der Waals surface area contributed by atoms with Crippen LogP contribution in [0.4, 0.5) is 0 Å². The lowest BCUT2D eigenvalue weighted by molar-refractivity contribution is 0.0992. The first-order valence-corrected chi connectivity index (χ1v) is 3.46. The van der Waals surface area contributed by atoms with Gasteiger partial charge in [-0.3, -0.25) is 4.79 Å². The Morgan fingerprint density at radius 3 is 2.75 bits per heavy atom. The highest BCUT2D eigenvalue weighted by Gasteiger charge is 2.11. The van der Waals surface area contributed by atoms with Crippen LogP contribution in [0.25, 0.3) is 0 Å². The van der Waals surface area contributed by atoms with Crippen LogP contribution in [0.3, 0.4) is 0 Å². The highest BCUT2D eigenvalue weighted by atomic mass is 16.5. The highest BCUT2D eigenvalue weighted by molar-refractivity contribution is 5.93. The Morgan fingerprint density at radius 1 is 1.67 bits per heavy atom. The lowest BCUT2D eigenvalue weighted by Crippen LogP contribution is -2.14.